The van der Waals surface area contributed by atoms with Gasteiger partial charge in [-0.2, -0.15) is 0 Å². The van der Waals surface area contributed by atoms with Gasteiger partial charge in [-0.05, 0) is 37.8 Å². The van der Waals surface area contributed by atoms with Crippen LogP contribution >= 0.6 is 0 Å². The fourth-order valence-electron chi connectivity index (χ4n) is 3.21. The SMILES string of the molecule is Cc1cccc2cc(C3(O)CCN(C4CC4)C3)oc12. The third kappa shape index (κ3) is 1.80. The van der Waals surface area contributed by atoms with Crippen LogP contribution in [0.15, 0.2) is 28.7 Å². The van der Waals surface area contributed by atoms with Crippen molar-refractivity contribution in [1.29, 1.82) is 0 Å². The van der Waals surface area contributed by atoms with E-state index in [1.807, 2.05) is 31.2 Å². The summed E-state index contributed by atoms with van der Waals surface area (Å²) in [7, 11) is 0. The molecule has 1 unspecified atom stereocenters. The lowest BCUT2D eigenvalue weighted by Crippen LogP contribution is -2.31. The Morgan fingerprint density at radius 1 is 1.37 bits per heavy atom. The van der Waals surface area contributed by atoms with Crippen molar-refractivity contribution in [3.63, 3.8) is 0 Å². The molecular weight excluding hydrogens is 238 g/mol. The predicted octanol–water partition coefficient (Wildman–Crippen LogP) is 2.80. The maximum Gasteiger partial charge on any atom is 0.138 e. The number of aliphatic hydroxyl groups is 1. The van der Waals surface area contributed by atoms with Crippen LogP contribution in [0.4, 0.5) is 0 Å². The number of hydrogen-bond acceptors (Lipinski definition) is 3. The number of likely N-dealkylation sites (tertiary alicyclic amines) is 1. The summed E-state index contributed by atoms with van der Waals surface area (Å²) in [5.41, 5.74) is 1.24. The summed E-state index contributed by atoms with van der Waals surface area (Å²) in [6.07, 6.45) is 3.35. The largest absolute Gasteiger partial charge is 0.458 e. The van der Waals surface area contributed by atoms with Crippen molar-refractivity contribution in [2.24, 2.45) is 0 Å². The van der Waals surface area contributed by atoms with Crippen LogP contribution in [0.25, 0.3) is 11.0 Å². The summed E-state index contributed by atoms with van der Waals surface area (Å²) in [5.74, 6) is 0.736. The van der Waals surface area contributed by atoms with E-state index in [0.717, 1.165) is 41.8 Å². The summed E-state index contributed by atoms with van der Waals surface area (Å²) in [4.78, 5) is 2.40. The molecule has 1 aliphatic carbocycles. The minimum atomic E-state index is -0.798. The van der Waals surface area contributed by atoms with E-state index in [1.54, 1.807) is 0 Å². The molecule has 1 N–H and O–H groups in total. The number of nitrogens with zero attached hydrogens (tertiary/aromatic N) is 1. The van der Waals surface area contributed by atoms with Crippen LogP contribution in [0.3, 0.4) is 0 Å². The highest BCUT2D eigenvalue weighted by molar-refractivity contribution is 5.81. The van der Waals surface area contributed by atoms with Gasteiger partial charge in [0.15, 0.2) is 0 Å². The van der Waals surface area contributed by atoms with E-state index in [1.165, 1.54) is 12.8 Å². The van der Waals surface area contributed by atoms with Crippen molar-refractivity contribution in [2.75, 3.05) is 13.1 Å². The Balaban J connectivity index is 1.71. The first kappa shape index (κ1) is 11.5. The molecule has 1 aromatic heterocycles. The first-order chi connectivity index (χ1) is 9.16. The van der Waals surface area contributed by atoms with Crippen LogP contribution in [-0.2, 0) is 5.60 Å². The Morgan fingerprint density at radius 2 is 2.21 bits per heavy atom. The van der Waals surface area contributed by atoms with E-state index in [0.29, 0.717) is 6.04 Å². The molecule has 0 spiro atoms. The molecule has 1 aromatic carbocycles. The van der Waals surface area contributed by atoms with Gasteiger partial charge < -0.3 is 9.52 Å². The van der Waals surface area contributed by atoms with Gasteiger partial charge in [-0.25, -0.2) is 0 Å². The van der Waals surface area contributed by atoms with E-state index in [4.69, 9.17) is 4.42 Å². The van der Waals surface area contributed by atoms with Gasteiger partial charge in [0.1, 0.15) is 16.9 Å². The van der Waals surface area contributed by atoms with Gasteiger partial charge in [-0.3, -0.25) is 4.90 Å². The molecule has 0 bridgehead atoms. The molecule has 19 heavy (non-hydrogen) atoms. The van der Waals surface area contributed by atoms with E-state index in [-0.39, 0.29) is 0 Å². The first-order valence-corrected chi connectivity index (χ1v) is 7.12. The Bertz CT molecular complexity index is 629. The summed E-state index contributed by atoms with van der Waals surface area (Å²) in [5, 5.41) is 12.0. The average molecular weight is 257 g/mol. The molecule has 3 nitrogen and oxygen atoms in total. The molecule has 1 atom stereocenters. The lowest BCUT2D eigenvalue weighted by Gasteiger charge is -2.21. The molecule has 2 aromatic rings. The monoisotopic (exact) mass is 257 g/mol. The fraction of sp³-hybridized carbons (Fsp3) is 0.500. The highest BCUT2D eigenvalue weighted by Crippen LogP contribution is 2.40. The highest BCUT2D eigenvalue weighted by atomic mass is 16.4. The lowest BCUT2D eigenvalue weighted by molar-refractivity contribution is 0.0250. The van der Waals surface area contributed by atoms with Crippen molar-refractivity contribution >= 4 is 11.0 Å². The molecule has 0 amide bonds. The quantitative estimate of drug-likeness (QED) is 0.898. The van der Waals surface area contributed by atoms with E-state index in [9.17, 15) is 5.11 Å². The maximum atomic E-state index is 10.9. The molecule has 4 rings (SSSR count). The number of aryl methyl sites for hydroxylation is 1. The number of β-amino-alcohol motifs (C(OH)–C–C–N with tert-alkyl or cyclic N) is 1. The zero-order valence-corrected chi connectivity index (χ0v) is 11.2. The summed E-state index contributed by atoms with van der Waals surface area (Å²) < 4.78 is 5.96. The molecule has 3 heteroatoms. The van der Waals surface area contributed by atoms with Crippen LogP contribution in [0.1, 0.15) is 30.6 Å². The van der Waals surface area contributed by atoms with Gasteiger partial charge >= 0.3 is 0 Å². The highest BCUT2D eigenvalue weighted by Gasteiger charge is 2.44. The summed E-state index contributed by atoms with van der Waals surface area (Å²) in [6, 6.07) is 8.85. The normalized spacial score (nSPS) is 28.3. The molecule has 1 saturated heterocycles. The molecule has 0 radical (unpaired) electrons. The Labute approximate surface area is 112 Å². The van der Waals surface area contributed by atoms with Crippen molar-refractivity contribution in [2.45, 2.75) is 37.8 Å². The number of fused-ring (bicyclic) bond motifs is 1. The fourth-order valence-corrected chi connectivity index (χ4v) is 3.21. The van der Waals surface area contributed by atoms with Crippen LogP contribution in [0.5, 0.6) is 0 Å². The number of furan rings is 1. The smallest absolute Gasteiger partial charge is 0.138 e. The van der Waals surface area contributed by atoms with Gasteiger partial charge in [-0.15, -0.1) is 0 Å². The van der Waals surface area contributed by atoms with Crippen LogP contribution in [0, 0.1) is 6.92 Å². The van der Waals surface area contributed by atoms with Gasteiger partial charge in [0, 0.05) is 24.5 Å². The molecule has 2 fully saturated rings. The molecular formula is C16H19NO2. The first-order valence-electron chi connectivity index (χ1n) is 7.12. The van der Waals surface area contributed by atoms with Crippen molar-refractivity contribution in [3.05, 3.63) is 35.6 Å². The number of rotatable bonds is 2. The molecule has 100 valence electrons. The Kier molecular flexibility index (Phi) is 2.32. The Hall–Kier alpha value is -1.32. The standard InChI is InChI=1S/C16H19NO2/c1-11-3-2-4-12-9-14(19-15(11)12)16(18)7-8-17(10-16)13-5-6-13/h2-4,9,13,18H,5-8,10H2,1H3. The zero-order valence-electron chi connectivity index (χ0n) is 11.2. The number of hydrogen-bond donors (Lipinski definition) is 1. The van der Waals surface area contributed by atoms with E-state index >= 15 is 0 Å². The van der Waals surface area contributed by atoms with Crippen molar-refractivity contribution in [3.8, 4) is 0 Å². The number of para-hydroxylation sites is 1. The summed E-state index contributed by atoms with van der Waals surface area (Å²) >= 11 is 0. The summed E-state index contributed by atoms with van der Waals surface area (Å²) in [6.45, 7) is 3.75. The second-order valence-corrected chi connectivity index (χ2v) is 6.09. The average Bonchev–Trinajstić information content (AvgIpc) is 3.00. The molecule has 2 heterocycles. The minimum Gasteiger partial charge on any atom is -0.458 e. The van der Waals surface area contributed by atoms with Gasteiger partial charge in [0.05, 0.1) is 0 Å². The van der Waals surface area contributed by atoms with Crippen LogP contribution < -0.4 is 0 Å². The maximum absolute atomic E-state index is 10.9. The van der Waals surface area contributed by atoms with Gasteiger partial charge in [-0.1, -0.05) is 18.2 Å². The van der Waals surface area contributed by atoms with E-state index in [2.05, 4.69) is 4.90 Å². The van der Waals surface area contributed by atoms with Crippen molar-refractivity contribution < 1.29 is 9.52 Å². The second kappa shape index (κ2) is 3.84. The predicted molar refractivity (Wildman–Crippen MR) is 74.1 cm³/mol. The number of benzene rings is 1. The van der Waals surface area contributed by atoms with Gasteiger partial charge in [0.2, 0.25) is 0 Å². The minimum absolute atomic E-state index is 0.708. The van der Waals surface area contributed by atoms with Crippen LogP contribution in [-0.4, -0.2) is 29.1 Å². The van der Waals surface area contributed by atoms with Gasteiger partial charge in [0.25, 0.3) is 0 Å². The van der Waals surface area contributed by atoms with Crippen molar-refractivity contribution in [1.82, 2.24) is 4.90 Å². The Morgan fingerprint density at radius 3 is 2.95 bits per heavy atom. The zero-order chi connectivity index (χ0) is 13.0. The third-order valence-electron chi connectivity index (χ3n) is 4.54. The topological polar surface area (TPSA) is 36.6 Å². The lowest BCUT2D eigenvalue weighted by atomic mass is 10.00. The van der Waals surface area contributed by atoms with E-state index < -0.39 is 5.60 Å². The second-order valence-electron chi connectivity index (χ2n) is 6.09. The van der Waals surface area contributed by atoms with Crippen LogP contribution in [0.2, 0.25) is 0 Å². The molecule has 1 aliphatic heterocycles. The third-order valence-corrected chi connectivity index (χ3v) is 4.54. The molecule has 2 aliphatic rings. The molecule has 1 saturated carbocycles.